The van der Waals surface area contributed by atoms with Gasteiger partial charge in [0.25, 0.3) is 0 Å². The van der Waals surface area contributed by atoms with Gasteiger partial charge in [0.15, 0.2) is 5.78 Å². The van der Waals surface area contributed by atoms with Crippen LogP contribution in [0, 0.1) is 5.41 Å². The number of ketones is 1. The van der Waals surface area contributed by atoms with E-state index in [9.17, 15) is 9.59 Å². The summed E-state index contributed by atoms with van der Waals surface area (Å²) in [6.07, 6.45) is 1.48. The van der Waals surface area contributed by atoms with E-state index in [0.29, 0.717) is 23.6 Å². The number of rotatable bonds is 2. The van der Waals surface area contributed by atoms with Gasteiger partial charge in [-0.3, -0.25) is 9.59 Å². The van der Waals surface area contributed by atoms with Crippen molar-refractivity contribution in [2.75, 3.05) is 7.11 Å². The average molecular weight is 334 g/mol. The molecule has 0 spiro atoms. The van der Waals surface area contributed by atoms with E-state index in [1.807, 2.05) is 6.07 Å². The van der Waals surface area contributed by atoms with Gasteiger partial charge in [0.1, 0.15) is 5.75 Å². The number of carbonyl (C=O) groups excluding carboxylic acids is 2. The largest absolute Gasteiger partial charge is 0.495 e. The molecule has 122 valence electrons. The Kier molecular flexibility index (Phi) is 3.96. The van der Waals surface area contributed by atoms with Gasteiger partial charge < -0.3 is 10.1 Å². The van der Waals surface area contributed by atoms with Crippen LogP contribution in [0.25, 0.3) is 0 Å². The van der Waals surface area contributed by atoms with E-state index in [-0.39, 0.29) is 29.4 Å². The lowest BCUT2D eigenvalue weighted by Gasteiger charge is -2.37. The number of nitrogens with one attached hydrogen (secondary N) is 1. The van der Waals surface area contributed by atoms with Crippen LogP contribution >= 0.6 is 11.6 Å². The molecule has 0 saturated heterocycles. The van der Waals surface area contributed by atoms with E-state index in [0.717, 1.165) is 16.8 Å². The Balaban J connectivity index is 2.06. The standard InChI is InChI=1S/C18H20ClNO3/c1-18(2)8-13-17(14(21)9-18)11(7-16(22)20-13)10-4-5-15(23-3)12(19)6-10/h4-6,11H,7-9H2,1-3H3,(H,20,22). The summed E-state index contributed by atoms with van der Waals surface area (Å²) in [5, 5.41) is 3.39. The number of ether oxygens (including phenoxy) is 1. The minimum absolute atomic E-state index is 0.0498. The van der Waals surface area contributed by atoms with Gasteiger partial charge >= 0.3 is 0 Å². The first-order chi connectivity index (χ1) is 10.8. The fourth-order valence-electron chi connectivity index (χ4n) is 3.54. The second kappa shape index (κ2) is 5.68. The van der Waals surface area contributed by atoms with Gasteiger partial charge in [-0.25, -0.2) is 0 Å². The van der Waals surface area contributed by atoms with Crippen LogP contribution in [0.3, 0.4) is 0 Å². The molecule has 1 aliphatic carbocycles. The molecule has 5 heteroatoms. The highest BCUT2D eigenvalue weighted by Crippen LogP contribution is 2.44. The summed E-state index contributed by atoms with van der Waals surface area (Å²) >= 11 is 6.22. The first kappa shape index (κ1) is 16.1. The molecule has 1 N–H and O–H groups in total. The zero-order valence-electron chi connectivity index (χ0n) is 13.5. The summed E-state index contributed by atoms with van der Waals surface area (Å²) < 4.78 is 5.17. The molecule has 1 aromatic rings. The normalized spacial score (nSPS) is 23.4. The third-order valence-corrected chi connectivity index (χ3v) is 4.82. The summed E-state index contributed by atoms with van der Waals surface area (Å²) in [5.74, 6) is 0.422. The fraction of sp³-hybridized carbons (Fsp3) is 0.444. The lowest BCUT2D eigenvalue weighted by Crippen LogP contribution is -2.40. The van der Waals surface area contributed by atoms with E-state index < -0.39 is 0 Å². The minimum atomic E-state index is -0.231. The summed E-state index contributed by atoms with van der Waals surface area (Å²) in [7, 11) is 1.56. The smallest absolute Gasteiger partial charge is 0.225 e. The number of hydrogen-bond acceptors (Lipinski definition) is 3. The first-order valence-electron chi connectivity index (χ1n) is 7.70. The van der Waals surface area contributed by atoms with E-state index in [4.69, 9.17) is 16.3 Å². The Morgan fingerprint density at radius 2 is 2.00 bits per heavy atom. The van der Waals surface area contributed by atoms with E-state index >= 15 is 0 Å². The van der Waals surface area contributed by atoms with Crippen LogP contribution in [0.15, 0.2) is 29.5 Å². The Morgan fingerprint density at radius 1 is 1.26 bits per heavy atom. The number of carbonyl (C=O) groups is 2. The highest BCUT2D eigenvalue weighted by atomic mass is 35.5. The third kappa shape index (κ3) is 3.00. The van der Waals surface area contributed by atoms with Crippen molar-refractivity contribution in [2.24, 2.45) is 5.41 Å². The van der Waals surface area contributed by atoms with Gasteiger partial charge in [0, 0.05) is 30.0 Å². The van der Waals surface area contributed by atoms with Crippen LogP contribution in [0.1, 0.15) is 44.6 Å². The number of amides is 1. The summed E-state index contributed by atoms with van der Waals surface area (Å²) in [6.45, 7) is 4.10. The van der Waals surface area contributed by atoms with Crippen LogP contribution < -0.4 is 10.1 Å². The minimum Gasteiger partial charge on any atom is -0.495 e. The SMILES string of the molecule is COc1ccc(C2CC(=O)NC3=C2C(=O)CC(C)(C)C3)cc1Cl. The van der Waals surface area contributed by atoms with Crippen LogP contribution in [-0.2, 0) is 9.59 Å². The summed E-state index contributed by atoms with van der Waals surface area (Å²) in [6, 6.07) is 5.45. The third-order valence-electron chi connectivity index (χ3n) is 4.53. The maximum atomic E-state index is 12.7. The van der Waals surface area contributed by atoms with Crippen molar-refractivity contribution in [2.45, 2.75) is 39.0 Å². The topological polar surface area (TPSA) is 55.4 Å². The molecule has 23 heavy (non-hydrogen) atoms. The Hall–Kier alpha value is -1.81. The van der Waals surface area contributed by atoms with Gasteiger partial charge in [-0.15, -0.1) is 0 Å². The molecule has 0 bridgehead atoms. The molecular formula is C18H20ClNO3. The Labute approximate surface area is 140 Å². The lowest BCUT2D eigenvalue weighted by atomic mass is 9.70. The van der Waals surface area contributed by atoms with Gasteiger partial charge in [-0.05, 0) is 29.5 Å². The molecule has 3 rings (SSSR count). The molecule has 1 heterocycles. The second-order valence-electron chi connectivity index (χ2n) is 7.03. The molecule has 0 radical (unpaired) electrons. The highest BCUT2D eigenvalue weighted by molar-refractivity contribution is 6.32. The van der Waals surface area contributed by atoms with Crippen LogP contribution in [0.5, 0.6) is 5.75 Å². The zero-order chi connectivity index (χ0) is 16.8. The van der Waals surface area contributed by atoms with Gasteiger partial charge in [0.05, 0.1) is 12.1 Å². The summed E-state index contributed by atoms with van der Waals surface area (Å²) in [4.78, 5) is 24.8. The summed E-state index contributed by atoms with van der Waals surface area (Å²) in [5.41, 5.74) is 2.28. The molecule has 1 amide bonds. The van der Waals surface area contributed by atoms with E-state index in [1.54, 1.807) is 19.2 Å². The molecule has 1 atom stereocenters. The molecule has 0 saturated carbocycles. The van der Waals surface area contributed by atoms with Crippen LogP contribution in [-0.4, -0.2) is 18.8 Å². The van der Waals surface area contributed by atoms with Crippen molar-refractivity contribution >= 4 is 23.3 Å². The number of Topliss-reactive ketones (excluding diaryl/α,β-unsaturated/α-hetero) is 1. The van der Waals surface area contributed by atoms with Crippen molar-refractivity contribution < 1.29 is 14.3 Å². The molecule has 1 unspecified atom stereocenters. The van der Waals surface area contributed by atoms with Crippen molar-refractivity contribution in [3.63, 3.8) is 0 Å². The van der Waals surface area contributed by atoms with Crippen molar-refractivity contribution in [1.29, 1.82) is 0 Å². The quantitative estimate of drug-likeness (QED) is 0.899. The Bertz CT molecular complexity index is 721. The maximum absolute atomic E-state index is 12.7. The van der Waals surface area contributed by atoms with Crippen LogP contribution in [0.4, 0.5) is 0 Å². The monoisotopic (exact) mass is 333 g/mol. The molecule has 2 aliphatic rings. The van der Waals surface area contributed by atoms with E-state index in [1.165, 1.54) is 0 Å². The number of hydrogen-bond donors (Lipinski definition) is 1. The van der Waals surface area contributed by atoms with Crippen molar-refractivity contribution in [3.8, 4) is 5.75 Å². The maximum Gasteiger partial charge on any atom is 0.225 e. The van der Waals surface area contributed by atoms with Gasteiger partial charge in [-0.1, -0.05) is 31.5 Å². The molecular weight excluding hydrogens is 314 g/mol. The number of allylic oxidation sites excluding steroid dienone is 2. The van der Waals surface area contributed by atoms with E-state index in [2.05, 4.69) is 19.2 Å². The van der Waals surface area contributed by atoms with Crippen molar-refractivity contribution in [3.05, 3.63) is 40.1 Å². The van der Waals surface area contributed by atoms with Gasteiger partial charge in [-0.2, -0.15) is 0 Å². The average Bonchev–Trinajstić information content (AvgIpc) is 2.44. The number of methoxy groups -OCH3 is 1. The molecule has 0 aromatic heterocycles. The predicted molar refractivity (Wildman–Crippen MR) is 88.6 cm³/mol. The lowest BCUT2D eigenvalue weighted by molar-refractivity contribution is -0.122. The molecule has 0 fully saturated rings. The fourth-order valence-corrected chi connectivity index (χ4v) is 3.81. The van der Waals surface area contributed by atoms with Crippen LogP contribution in [0.2, 0.25) is 5.02 Å². The predicted octanol–water partition coefficient (Wildman–Crippen LogP) is 3.60. The highest BCUT2D eigenvalue weighted by Gasteiger charge is 2.40. The first-order valence-corrected chi connectivity index (χ1v) is 8.08. The Morgan fingerprint density at radius 3 is 2.65 bits per heavy atom. The second-order valence-corrected chi connectivity index (χ2v) is 7.44. The molecule has 1 aromatic carbocycles. The molecule has 1 aliphatic heterocycles. The zero-order valence-corrected chi connectivity index (χ0v) is 14.3. The number of halogens is 1. The van der Waals surface area contributed by atoms with Gasteiger partial charge in [0.2, 0.25) is 5.91 Å². The van der Waals surface area contributed by atoms with Crippen molar-refractivity contribution in [1.82, 2.24) is 5.32 Å². The molecule has 4 nitrogen and oxygen atoms in total. The number of benzene rings is 1.